The van der Waals surface area contributed by atoms with Gasteiger partial charge in [-0.05, 0) is 28.8 Å². The normalized spacial score (nSPS) is 23.1. The predicted octanol–water partition coefficient (Wildman–Crippen LogP) is 0.547. The number of nitrogens with two attached hydrogens (primary N) is 2. The summed E-state index contributed by atoms with van der Waals surface area (Å²) in [6.07, 6.45) is -1.17. The van der Waals surface area contributed by atoms with Gasteiger partial charge in [-0.25, -0.2) is 15.0 Å². The number of aliphatic hydroxyl groups is 2. The Bertz CT molecular complexity index is 1380. The first-order valence-electron chi connectivity index (χ1n) is 11.4. The maximum absolute atomic E-state index is 11.3. The number of carboxylic acid groups (broad SMARTS) is 1. The van der Waals surface area contributed by atoms with Gasteiger partial charge in [-0.1, -0.05) is 18.2 Å². The first kappa shape index (κ1) is 24.5. The first-order chi connectivity index (χ1) is 17.3. The Balaban J connectivity index is 1.37. The molecule has 36 heavy (non-hydrogen) atoms. The van der Waals surface area contributed by atoms with Gasteiger partial charge in [-0.3, -0.25) is 14.3 Å². The topological polar surface area (TPSA) is 186 Å². The molecule has 1 fully saturated rings. The molecule has 1 saturated heterocycles. The maximum Gasteiger partial charge on any atom is 0.320 e. The number of anilines is 1. The van der Waals surface area contributed by atoms with Crippen molar-refractivity contribution in [2.45, 2.75) is 43.5 Å². The van der Waals surface area contributed by atoms with Crippen LogP contribution in [-0.2, 0) is 16.1 Å². The van der Waals surface area contributed by atoms with E-state index in [1.807, 2.05) is 29.2 Å². The highest BCUT2D eigenvalue weighted by Crippen LogP contribution is 2.33. The minimum absolute atomic E-state index is 0.201. The monoisotopic (exact) mass is 513 g/mol. The molecule has 0 radical (unpaired) electrons. The van der Waals surface area contributed by atoms with E-state index in [1.54, 1.807) is 11.3 Å². The smallest absolute Gasteiger partial charge is 0.320 e. The van der Waals surface area contributed by atoms with Crippen LogP contribution in [0.3, 0.4) is 0 Å². The number of rotatable bonds is 9. The van der Waals surface area contributed by atoms with Crippen molar-refractivity contribution in [3.63, 3.8) is 0 Å². The number of benzene rings is 1. The minimum atomic E-state index is -1.24. The molecule has 7 N–H and O–H groups in total. The van der Waals surface area contributed by atoms with Crippen LogP contribution in [0.25, 0.3) is 21.3 Å². The Morgan fingerprint density at radius 2 is 2.03 bits per heavy atom. The van der Waals surface area contributed by atoms with Crippen molar-refractivity contribution in [1.82, 2.24) is 24.4 Å². The van der Waals surface area contributed by atoms with Gasteiger partial charge in [0.25, 0.3) is 0 Å². The molecule has 3 aromatic heterocycles. The molecular formula is C23H27N7O5S. The van der Waals surface area contributed by atoms with Crippen LogP contribution in [0.2, 0.25) is 0 Å². The lowest BCUT2D eigenvalue weighted by atomic mass is 10.1. The van der Waals surface area contributed by atoms with Crippen molar-refractivity contribution in [2.24, 2.45) is 5.73 Å². The summed E-state index contributed by atoms with van der Waals surface area (Å²) < 4.78 is 8.78. The number of thiophene rings is 1. The van der Waals surface area contributed by atoms with Crippen LogP contribution in [0.15, 0.2) is 42.3 Å². The molecule has 0 spiro atoms. The van der Waals surface area contributed by atoms with Crippen molar-refractivity contribution >= 4 is 44.4 Å². The molecule has 0 unspecified atom stereocenters. The second-order valence-electron chi connectivity index (χ2n) is 8.85. The number of nitrogens with zero attached hydrogens (tertiary/aromatic N) is 5. The summed E-state index contributed by atoms with van der Waals surface area (Å²) in [5.74, 6) is -0.871. The van der Waals surface area contributed by atoms with Crippen molar-refractivity contribution in [3.05, 3.63) is 47.9 Å². The van der Waals surface area contributed by atoms with Crippen LogP contribution in [0.1, 0.15) is 18.2 Å². The van der Waals surface area contributed by atoms with Crippen LogP contribution < -0.4 is 11.5 Å². The van der Waals surface area contributed by atoms with E-state index in [9.17, 15) is 20.1 Å². The van der Waals surface area contributed by atoms with Crippen molar-refractivity contribution in [1.29, 1.82) is 0 Å². The number of carboxylic acids is 1. The van der Waals surface area contributed by atoms with Gasteiger partial charge in [0.15, 0.2) is 17.7 Å². The average Bonchev–Trinajstić information content (AvgIpc) is 3.55. The molecule has 5 atom stereocenters. The number of hydrogen-bond donors (Lipinski definition) is 5. The van der Waals surface area contributed by atoms with Gasteiger partial charge >= 0.3 is 5.97 Å². The Morgan fingerprint density at radius 1 is 1.22 bits per heavy atom. The molecule has 1 aromatic carbocycles. The molecule has 0 amide bonds. The van der Waals surface area contributed by atoms with E-state index < -0.39 is 36.6 Å². The molecule has 1 aliphatic rings. The summed E-state index contributed by atoms with van der Waals surface area (Å²) in [7, 11) is 0. The molecular weight excluding hydrogens is 486 g/mol. The Morgan fingerprint density at radius 3 is 2.83 bits per heavy atom. The lowest BCUT2D eigenvalue weighted by Crippen LogP contribution is -2.42. The highest BCUT2D eigenvalue weighted by molar-refractivity contribution is 7.17. The molecule has 4 aromatic rings. The van der Waals surface area contributed by atoms with Crippen LogP contribution >= 0.6 is 11.3 Å². The molecule has 0 saturated carbocycles. The highest BCUT2D eigenvalue weighted by Gasteiger charge is 2.45. The average molecular weight is 514 g/mol. The van der Waals surface area contributed by atoms with E-state index in [1.165, 1.54) is 17.2 Å². The summed E-state index contributed by atoms with van der Waals surface area (Å²) >= 11 is 1.63. The number of carbonyl (C=O) groups is 1. The van der Waals surface area contributed by atoms with Crippen LogP contribution in [0.5, 0.6) is 0 Å². The number of imidazole rings is 1. The second-order valence-corrected chi connectivity index (χ2v) is 9.77. The number of aliphatic hydroxyl groups excluding tert-OH is 2. The van der Waals surface area contributed by atoms with Gasteiger partial charge in [0.2, 0.25) is 0 Å². The van der Waals surface area contributed by atoms with Crippen molar-refractivity contribution in [3.8, 4) is 0 Å². The number of ether oxygens (including phenoxy) is 1. The number of fused-ring (bicyclic) bond motifs is 2. The summed E-state index contributed by atoms with van der Waals surface area (Å²) in [4.78, 5) is 25.6. The third kappa shape index (κ3) is 4.64. The molecule has 12 nitrogen and oxygen atoms in total. The second kappa shape index (κ2) is 10.0. The van der Waals surface area contributed by atoms with Gasteiger partial charge in [0.05, 0.1) is 6.33 Å². The Kier molecular flexibility index (Phi) is 6.83. The molecule has 4 heterocycles. The summed E-state index contributed by atoms with van der Waals surface area (Å²) in [5, 5.41) is 34.1. The Labute approximate surface area is 209 Å². The van der Waals surface area contributed by atoms with Gasteiger partial charge < -0.3 is 31.5 Å². The number of aromatic nitrogens is 4. The van der Waals surface area contributed by atoms with Crippen molar-refractivity contribution < 1.29 is 24.9 Å². The van der Waals surface area contributed by atoms with E-state index in [2.05, 4.69) is 20.3 Å². The van der Waals surface area contributed by atoms with E-state index in [0.717, 1.165) is 15.6 Å². The maximum atomic E-state index is 11.3. The minimum Gasteiger partial charge on any atom is -0.480 e. The standard InChI is InChI=1S/C23H27N7O5S/c24-14(23(33)34)5-6-29(7-12-9-36-16-4-2-1-3-13(12)16)8-15-18(31)19(32)22(35-15)30-11-28-17-20(25)26-10-27-21(17)30/h1-4,9-11,14-15,18-19,22,31-32H,5-8,24H2,(H,33,34)(H2,25,26,27)/t14-,15+,18+,19+,22+/m0/s1. The molecule has 0 bridgehead atoms. The lowest BCUT2D eigenvalue weighted by molar-refractivity contribution is -0.138. The lowest BCUT2D eigenvalue weighted by Gasteiger charge is -2.27. The van der Waals surface area contributed by atoms with Gasteiger partial charge in [0.1, 0.15) is 36.2 Å². The zero-order valence-corrected chi connectivity index (χ0v) is 20.0. The quantitative estimate of drug-likeness (QED) is 0.210. The zero-order valence-electron chi connectivity index (χ0n) is 19.2. The molecule has 13 heteroatoms. The fourth-order valence-corrected chi connectivity index (χ4v) is 5.45. The molecule has 1 aliphatic heterocycles. The molecule has 190 valence electrons. The van der Waals surface area contributed by atoms with E-state index in [0.29, 0.717) is 24.3 Å². The molecule has 0 aliphatic carbocycles. The van der Waals surface area contributed by atoms with Gasteiger partial charge in [0, 0.05) is 24.3 Å². The Hall–Kier alpha value is -3.20. The SMILES string of the molecule is Nc1ncnc2c1ncn2[C@@H]1O[C@H](CN(CC[C@H](N)C(=O)O)Cc2csc3ccccc23)[C@@H](O)[C@H]1O. The van der Waals surface area contributed by atoms with E-state index >= 15 is 0 Å². The fraction of sp³-hybridized carbons (Fsp3) is 0.391. The van der Waals surface area contributed by atoms with Gasteiger partial charge in [-0.15, -0.1) is 11.3 Å². The third-order valence-corrected chi connectivity index (χ3v) is 7.48. The predicted molar refractivity (Wildman–Crippen MR) is 133 cm³/mol. The number of nitrogen functional groups attached to an aromatic ring is 1. The number of hydrogen-bond acceptors (Lipinski definition) is 11. The zero-order chi connectivity index (χ0) is 25.4. The first-order valence-corrected chi connectivity index (χ1v) is 12.3. The highest BCUT2D eigenvalue weighted by atomic mass is 32.1. The van der Waals surface area contributed by atoms with E-state index in [4.69, 9.17) is 16.2 Å². The van der Waals surface area contributed by atoms with Crippen LogP contribution in [-0.4, -0.2) is 83.2 Å². The fourth-order valence-electron chi connectivity index (χ4n) is 4.50. The molecule has 5 rings (SSSR count). The summed E-state index contributed by atoms with van der Waals surface area (Å²) in [6.45, 7) is 1.11. The van der Waals surface area contributed by atoms with Gasteiger partial charge in [-0.2, -0.15) is 0 Å². The van der Waals surface area contributed by atoms with E-state index in [-0.39, 0.29) is 18.8 Å². The largest absolute Gasteiger partial charge is 0.480 e. The van der Waals surface area contributed by atoms with Crippen molar-refractivity contribution in [2.75, 3.05) is 18.8 Å². The van der Waals surface area contributed by atoms with Crippen LogP contribution in [0.4, 0.5) is 5.82 Å². The summed E-state index contributed by atoms with van der Waals surface area (Å²) in [5.41, 5.74) is 13.5. The van der Waals surface area contributed by atoms with Crippen LogP contribution in [0, 0.1) is 0 Å². The number of aliphatic carboxylic acids is 1. The third-order valence-electron chi connectivity index (χ3n) is 6.47. The summed E-state index contributed by atoms with van der Waals surface area (Å²) in [6, 6.07) is 7.03.